The Morgan fingerprint density at radius 2 is 1.47 bits per heavy atom. The normalized spacial score (nSPS) is 16.7. The van der Waals surface area contributed by atoms with Gasteiger partial charge in [0.15, 0.2) is 29.6 Å². The van der Waals surface area contributed by atoms with Gasteiger partial charge in [0.1, 0.15) is 11.3 Å². The number of aromatic hydroxyl groups is 1. The molecule has 0 saturated heterocycles. The number of ether oxygens (including phenoxy) is 1. The van der Waals surface area contributed by atoms with Crippen molar-refractivity contribution in [2.75, 3.05) is 13.8 Å². The molecule has 6 aromatic rings. The largest absolute Gasteiger partial charge is 0.503 e. The van der Waals surface area contributed by atoms with Crippen LogP contribution in [0.3, 0.4) is 0 Å². The highest BCUT2D eigenvalue weighted by Crippen LogP contribution is 2.45. The van der Waals surface area contributed by atoms with Gasteiger partial charge >= 0.3 is 0 Å². The summed E-state index contributed by atoms with van der Waals surface area (Å²) in [6.07, 6.45) is 17.7. The van der Waals surface area contributed by atoms with E-state index in [1.165, 1.54) is 40.1 Å². The maximum Gasteiger partial charge on any atom is 0.278 e. The number of hydrogen-bond donors (Lipinski definition) is 3. The van der Waals surface area contributed by atoms with Crippen molar-refractivity contribution in [2.24, 2.45) is 0 Å². The number of nitrogens with one attached hydrogen (secondary N) is 2. The van der Waals surface area contributed by atoms with Gasteiger partial charge in [0, 0.05) is 42.1 Å². The van der Waals surface area contributed by atoms with Crippen LogP contribution in [0.4, 0.5) is 0 Å². The molecule has 2 saturated carbocycles. The number of pyridine rings is 2. The fraction of sp³-hybridized carbons (Fsp3) is 0.415. The van der Waals surface area contributed by atoms with Crippen molar-refractivity contribution in [1.82, 2.24) is 49.3 Å². The first-order valence-corrected chi connectivity index (χ1v) is 19.6. The van der Waals surface area contributed by atoms with Crippen LogP contribution < -0.4 is 26.2 Å². The van der Waals surface area contributed by atoms with E-state index in [1.54, 1.807) is 12.4 Å². The molecule has 294 valence electrons. The van der Waals surface area contributed by atoms with Gasteiger partial charge in [-0.2, -0.15) is 10.2 Å². The minimum absolute atomic E-state index is 0.213. The van der Waals surface area contributed by atoms with E-state index in [9.17, 15) is 24.3 Å². The summed E-state index contributed by atoms with van der Waals surface area (Å²) < 4.78 is 13.3. The molecule has 6 aromatic heterocycles. The summed E-state index contributed by atoms with van der Waals surface area (Å²) in [5.41, 5.74) is 2.07. The van der Waals surface area contributed by atoms with Gasteiger partial charge in [0.2, 0.25) is 0 Å². The Bertz CT molecular complexity index is 2700. The number of carbonyl (C=O) groups is 2. The number of aromatic nitrogens is 8. The first-order valence-electron chi connectivity index (χ1n) is 19.6. The SMILES string of the molecule is CNC(=O)c1nn(CC2(n3cc(C)c4cccnc43)CCC2)cc(OCNC(=O)c2nn(CC3(n4c5c(c6cccnc64)CCC5)CCCC3)cc(O)c2=O)c1=O. The van der Waals surface area contributed by atoms with Crippen molar-refractivity contribution < 1.29 is 19.4 Å². The van der Waals surface area contributed by atoms with Gasteiger partial charge in [-0.05, 0) is 93.7 Å². The molecule has 3 N–H and O–H groups in total. The molecule has 16 heteroatoms. The van der Waals surface area contributed by atoms with E-state index in [-0.39, 0.29) is 11.4 Å². The van der Waals surface area contributed by atoms with Crippen LogP contribution in [0.15, 0.2) is 64.8 Å². The van der Waals surface area contributed by atoms with Crippen molar-refractivity contribution in [3.05, 3.63) is 104 Å². The van der Waals surface area contributed by atoms with Crippen LogP contribution in [0.1, 0.15) is 89.2 Å². The zero-order chi connectivity index (χ0) is 39.5. The molecule has 3 aliphatic rings. The lowest BCUT2D eigenvalue weighted by Gasteiger charge is -2.43. The lowest BCUT2D eigenvalue weighted by atomic mass is 9.76. The predicted molar refractivity (Wildman–Crippen MR) is 210 cm³/mol. The van der Waals surface area contributed by atoms with Crippen LogP contribution in [0.2, 0.25) is 0 Å². The van der Waals surface area contributed by atoms with Crippen LogP contribution >= 0.6 is 0 Å². The maximum absolute atomic E-state index is 13.5. The molecule has 0 unspecified atom stereocenters. The number of hydrogen-bond acceptors (Lipinski definition) is 10. The summed E-state index contributed by atoms with van der Waals surface area (Å²) in [6, 6.07) is 8.02. The highest BCUT2D eigenvalue weighted by molar-refractivity contribution is 5.93. The van der Waals surface area contributed by atoms with E-state index >= 15 is 0 Å². The number of fused-ring (bicyclic) bond motifs is 4. The number of nitrogens with zero attached hydrogens (tertiary/aromatic N) is 8. The van der Waals surface area contributed by atoms with Crippen LogP contribution in [0, 0.1) is 6.92 Å². The molecule has 0 aliphatic heterocycles. The molecule has 57 heavy (non-hydrogen) atoms. The fourth-order valence-corrected chi connectivity index (χ4v) is 9.43. The standard InChI is InChI=1S/C41H44N10O6/c1-25-19-50(36-26(25)10-6-17-43-36)40(15-8-16-40)22-49-21-31(35(54)33(47-49)38(55)42-2)57-24-45-39(56)32-34(53)30(52)20-48(46-32)23-41(13-3-4-14-41)51-29-12-5-9-27(29)28-11-7-18-44-37(28)51/h6-7,10-11,17-21,52H,3-5,8-9,12-16,22-24H2,1-2H3,(H,42,55)(H,45,56). The number of aryl methyl sites for hydroxylation is 2. The van der Waals surface area contributed by atoms with Crippen molar-refractivity contribution in [3.63, 3.8) is 0 Å². The Kier molecular flexibility index (Phi) is 8.93. The second kappa shape index (κ2) is 14.0. The van der Waals surface area contributed by atoms with Crippen LogP contribution in [-0.4, -0.2) is 69.4 Å². The van der Waals surface area contributed by atoms with E-state index < -0.39 is 51.9 Å². The third-order valence-corrected chi connectivity index (χ3v) is 12.3. The molecule has 2 amide bonds. The summed E-state index contributed by atoms with van der Waals surface area (Å²) in [5, 5.41) is 26.8. The Labute approximate surface area is 326 Å². The second-order valence-electron chi connectivity index (χ2n) is 15.7. The number of amides is 2. The van der Waals surface area contributed by atoms with Crippen molar-refractivity contribution in [3.8, 4) is 11.5 Å². The molecule has 0 bridgehead atoms. The molecule has 3 aliphatic carbocycles. The smallest absolute Gasteiger partial charge is 0.278 e. The fourth-order valence-electron chi connectivity index (χ4n) is 9.43. The highest BCUT2D eigenvalue weighted by Gasteiger charge is 2.42. The topological polar surface area (TPSA) is 193 Å². The molecule has 16 nitrogen and oxygen atoms in total. The first kappa shape index (κ1) is 36.3. The molecule has 6 heterocycles. The Morgan fingerprint density at radius 3 is 2.19 bits per heavy atom. The van der Waals surface area contributed by atoms with Gasteiger partial charge in [-0.15, -0.1) is 0 Å². The maximum atomic E-state index is 13.5. The van der Waals surface area contributed by atoms with Crippen LogP contribution in [0.25, 0.3) is 22.1 Å². The van der Waals surface area contributed by atoms with Gasteiger partial charge in [-0.1, -0.05) is 12.8 Å². The molecular formula is C41H44N10O6. The molecular weight excluding hydrogens is 729 g/mol. The number of rotatable bonds is 11. The quantitative estimate of drug-likeness (QED) is 0.164. The Morgan fingerprint density at radius 1 is 0.807 bits per heavy atom. The summed E-state index contributed by atoms with van der Waals surface area (Å²) in [7, 11) is 1.41. The molecule has 9 rings (SSSR count). The minimum Gasteiger partial charge on any atom is -0.503 e. The Hall–Kier alpha value is -6.32. The van der Waals surface area contributed by atoms with E-state index in [0.29, 0.717) is 13.1 Å². The Balaban J connectivity index is 0.969. The molecule has 0 spiro atoms. The third kappa shape index (κ3) is 6.05. The van der Waals surface area contributed by atoms with Crippen molar-refractivity contribution in [2.45, 2.75) is 95.3 Å². The van der Waals surface area contributed by atoms with E-state index in [0.717, 1.165) is 91.8 Å². The average molecular weight is 773 g/mol. The lowest BCUT2D eigenvalue weighted by Crippen LogP contribution is -2.45. The van der Waals surface area contributed by atoms with Gasteiger partial charge in [0.25, 0.3) is 22.7 Å². The van der Waals surface area contributed by atoms with E-state index in [4.69, 9.17) is 9.72 Å². The molecule has 0 aromatic carbocycles. The van der Waals surface area contributed by atoms with Gasteiger partial charge < -0.3 is 29.6 Å². The third-order valence-electron chi connectivity index (χ3n) is 12.3. The van der Waals surface area contributed by atoms with Crippen LogP contribution in [0.5, 0.6) is 11.5 Å². The second-order valence-corrected chi connectivity index (χ2v) is 15.7. The highest BCUT2D eigenvalue weighted by atomic mass is 16.5. The minimum atomic E-state index is -0.931. The van der Waals surface area contributed by atoms with Gasteiger partial charge in [0.05, 0.1) is 36.6 Å². The summed E-state index contributed by atoms with van der Waals surface area (Å²) in [6.45, 7) is 2.15. The van der Waals surface area contributed by atoms with Crippen LogP contribution in [-0.2, 0) is 37.0 Å². The van der Waals surface area contributed by atoms with Crippen molar-refractivity contribution >= 4 is 33.9 Å². The summed E-state index contributed by atoms with van der Waals surface area (Å²) in [4.78, 5) is 62.4. The lowest BCUT2D eigenvalue weighted by molar-refractivity contribution is 0.0899. The van der Waals surface area contributed by atoms with Crippen molar-refractivity contribution in [1.29, 1.82) is 0 Å². The zero-order valence-electron chi connectivity index (χ0n) is 32.0. The van der Waals surface area contributed by atoms with Gasteiger partial charge in [-0.3, -0.25) is 28.5 Å². The average Bonchev–Trinajstić information content (AvgIpc) is 4.00. The number of carbonyl (C=O) groups excluding carboxylic acids is 2. The van der Waals surface area contributed by atoms with E-state index in [1.807, 2.05) is 25.1 Å². The first-order chi connectivity index (χ1) is 27.6. The summed E-state index contributed by atoms with van der Waals surface area (Å²) in [5.74, 6) is -2.40. The molecule has 0 radical (unpaired) electrons. The molecule has 2 fully saturated rings. The predicted octanol–water partition coefficient (Wildman–Crippen LogP) is 3.68. The zero-order valence-corrected chi connectivity index (χ0v) is 32.0. The van der Waals surface area contributed by atoms with E-state index in [2.05, 4.69) is 47.2 Å². The molecule has 0 atom stereocenters. The summed E-state index contributed by atoms with van der Waals surface area (Å²) >= 11 is 0. The van der Waals surface area contributed by atoms with Gasteiger partial charge in [-0.25, -0.2) is 9.97 Å². The monoisotopic (exact) mass is 772 g/mol.